The lowest BCUT2D eigenvalue weighted by atomic mass is 9.56. The SMILES string of the molecule is C[C@]12CCC[C@@H]1[C@H]1CCc3cc(O)ccc3[C@H]1CC2. The van der Waals surface area contributed by atoms with Crippen molar-refractivity contribution >= 4 is 0 Å². The van der Waals surface area contributed by atoms with Crippen LogP contribution in [-0.2, 0) is 6.42 Å². The number of aromatic hydroxyl groups is 1. The van der Waals surface area contributed by atoms with E-state index in [1.54, 1.807) is 5.56 Å². The number of benzene rings is 1. The Morgan fingerprint density at radius 1 is 1.16 bits per heavy atom. The van der Waals surface area contributed by atoms with Crippen LogP contribution in [0.4, 0.5) is 0 Å². The van der Waals surface area contributed by atoms with Crippen molar-refractivity contribution in [2.75, 3.05) is 0 Å². The molecule has 1 N–H and O–H groups in total. The van der Waals surface area contributed by atoms with Crippen molar-refractivity contribution in [2.24, 2.45) is 17.3 Å². The smallest absolute Gasteiger partial charge is 0.115 e. The standard InChI is InChI=1S/C18H24O/c1-18-9-2-3-17(18)16-6-4-12-11-13(19)5-7-14(12)15(16)8-10-18/h5,7,11,15-17,19H,2-4,6,8-10H2,1H3/t15-,16+,17-,18-/m1/s1. The largest absolute Gasteiger partial charge is 0.508 e. The molecule has 1 aromatic rings. The summed E-state index contributed by atoms with van der Waals surface area (Å²) in [5.74, 6) is 3.10. The fourth-order valence-electron chi connectivity index (χ4n) is 5.56. The molecule has 0 aromatic heterocycles. The molecular formula is C18H24O. The van der Waals surface area contributed by atoms with Crippen LogP contribution in [0.1, 0.15) is 62.5 Å². The summed E-state index contributed by atoms with van der Waals surface area (Å²) in [5.41, 5.74) is 3.63. The first-order valence-corrected chi connectivity index (χ1v) is 7.99. The van der Waals surface area contributed by atoms with E-state index in [2.05, 4.69) is 13.0 Å². The second-order valence-electron chi connectivity index (χ2n) is 7.38. The summed E-state index contributed by atoms with van der Waals surface area (Å²) < 4.78 is 0. The van der Waals surface area contributed by atoms with Crippen molar-refractivity contribution in [2.45, 2.75) is 57.8 Å². The summed E-state index contributed by atoms with van der Waals surface area (Å²) >= 11 is 0. The quantitative estimate of drug-likeness (QED) is 0.717. The average molecular weight is 256 g/mol. The van der Waals surface area contributed by atoms with Crippen LogP contribution in [0.15, 0.2) is 18.2 Å². The van der Waals surface area contributed by atoms with Crippen LogP contribution in [0.2, 0.25) is 0 Å². The molecule has 4 rings (SSSR count). The maximum Gasteiger partial charge on any atom is 0.115 e. The molecule has 3 aliphatic rings. The molecule has 2 saturated carbocycles. The summed E-state index contributed by atoms with van der Waals surface area (Å²) in [6.45, 7) is 2.55. The Hall–Kier alpha value is -0.980. The minimum atomic E-state index is 0.443. The zero-order chi connectivity index (χ0) is 13.0. The van der Waals surface area contributed by atoms with E-state index < -0.39 is 0 Å². The molecule has 102 valence electrons. The van der Waals surface area contributed by atoms with E-state index in [1.807, 2.05) is 12.1 Å². The van der Waals surface area contributed by atoms with E-state index in [9.17, 15) is 5.11 Å². The van der Waals surface area contributed by atoms with Crippen LogP contribution in [-0.4, -0.2) is 5.11 Å². The predicted molar refractivity (Wildman–Crippen MR) is 77.3 cm³/mol. The van der Waals surface area contributed by atoms with Crippen molar-refractivity contribution in [1.82, 2.24) is 0 Å². The van der Waals surface area contributed by atoms with Gasteiger partial charge in [0.15, 0.2) is 0 Å². The first-order valence-electron chi connectivity index (χ1n) is 7.99. The summed E-state index contributed by atoms with van der Waals surface area (Å²) in [4.78, 5) is 0. The van der Waals surface area contributed by atoms with Crippen LogP contribution in [0.5, 0.6) is 5.75 Å². The van der Waals surface area contributed by atoms with Gasteiger partial charge in [0.2, 0.25) is 0 Å². The Morgan fingerprint density at radius 3 is 2.95 bits per heavy atom. The van der Waals surface area contributed by atoms with Crippen LogP contribution in [0.3, 0.4) is 0 Å². The number of aryl methyl sites for hydroxylation is 1. The lowest BCUT2D eigenvalue weighted by Crippen LogP contribution is -2.39. The maximum absolute atomic E-state index is 9.68. The van der Waals surface area contributed by atoms with Crippen LogP contribution < -0.4 is 0 Å². The van der Waals surface area contributed by atoms with Crippen molar-refractivity contribution in [3.05, 3.63) is 29.3 Å². The molecule has 1 heteroatoms. The highest BCUT2D eigenvalue weighted by atomic mass is 16.3. The second kappa shape index (κ2) is 4.01. The number of fused-ring (bicyclic) bond motifs is 5. The topological polar surface area (TPSA) is 20.2 Å². The third-order valence-corrected chi connectivity index (χ3v) is 6.49. The molecule has 4 atom stereocenters. The van der Waals surface area contributed by atoms with Crippen molar-refractivity contribution < 1.29 is 5.11 Å². The van der Waals surface area contributed by atoms with Gasteiger partial charge in [-0.15, -0.1) is 0 Å². The fourth-order valence-corrected chi connectivity index (χ4v) is 5.56. The van der Waals surface area contributed by atoms with E-state index in [1.165, 1.54) is 50.5 Å². The van der Waals surface area contributed by atoms with E-state index >= 15 is 0 Å². The van der Waals surface area contributed by atoms with Gasteiger partial charge in [-0.3, -0.25) is 0 Å². The second-order valence-corrected chi connectivity index (χ2v) is 7.38. The van der Waals surface area contributed by atoms with Crippen LogP contribution in [0.25, 0.3) is 0 Å². The molecule has 0 spiro atoms. The molecule has 0 saturated heterocycles. The molecule has 0 unspecified atom stereocenters. The summed E-state index contributed by atoms with van der Waals surface area (Å²) in [6, 6.07) is 6.11. The van der Waals surface area contributed by atoms with Crippen molar-refractivity contribution in [3.8, 4) is 5.75 Å². The highest BCUT2D eigenvalue weighted by Gasteiger charge is 2.50. The summed E-state index contributed by atoms with van der Waals surface area (Å²) in [7, 11) is 0. The minimum Gasteiger partial charge on any atom is -0.508 e. The Labute approximate surface area is 116 Å². The molecule has 3 aliphatic carbocycles. The third kappa shape index (κ3) is 1.67. The molecular weight excluding hydrogens is 232 g/mol. The Bertz CT molecular complexity index is 506. The summed E-state index contributed by atoms with van der Waals surface area (Å²) in [5, 5.41) is 9.68. The van der Waals surface area contributed by atoms with Gasteiger partial charge in [-0.2, -0.15) is 0 Å². The maximum atomic E-state index is 9.68. The summed E-state index contributed by atoms with van der Waals surface area (Å²) in [6.07, 6.45) is 9.69. The lowest BCUT2D eigenvalue weighted by Gasteiger charge is -2.49. The molecule has 0 bridgehead atoms. The van der Waals surface area contributed by atoms with Gasteiger partial charge in [0.25, 0.3) is 0 Å². The Morgan fingerprint density at radius 2 is 2.05 bits per heavy atom. The molecule has 0 aliphatic heterocycles. The number of phenolic OH excluding ortho intramolecular Hbond substituents is 1. The number of hydrogen-bond donors (Lipinski definition) is 1. The van der Waals surface area contributed by atoms with Gasteiger partial charge in [-0.25, -0.2) is 0 Å². The Balaban J connectivity index is 1.72. The molecule has 0 heterocycles. The first-order chi connectivity index (χ1) is 9.17. The average Bonchev–Trinajstić information content (AvgIpc) is 2.79. The molecule has 1 nitrogen and oxygen atoms in total. The third-order valence-electron chi connectivity index (χ3n) is 6.49. The van der Waals surface area contributed by atoms with Gasteiger partial charge in [-0.1, -0.05) is 19.4 Å². The van der Waals surface area contributed by atoms with Gasteiger partial charge in [0, 0.05) is 0 Å². The number of hydrogen-bond acceptors (Lipinski definition) is 1. The normalized spacial score (nSPS) is 40.4. The first kappa shape index (κ1) is 11.8. The number of rotatable bonds is 0. The molecule has 0 radical (unpaired) electrons. The van der Waals surface area contributed by atoms with Crippen molar-refractivity contribution in [1.29, 1.82) is 0 Å². The minimum absolute atomic E-state index is 0.443. The zero-order valence-corrected chi connectivity index (χ0v) is 11.9. The molecule has 1 aromatic carbocycles. The van der Waals surface area contributed by atoms with Crippen LogP contribution in [0, 0.1) is 17.3 Å². The van der Waals surface area contributed by atoms with E-state index in [0.717, 1.165) is 17.8 Å². The fraction of sp³-hybridized carbons (Fsp3) is 0.667. The van der Waals surface area contributed by atoms with E-state index in [-0.39, 0.29) is 0 Å². The van der Waals surface area contributed by atoms with Gasteiger partial charge in [0.05, 0.1) is 0 Å². The Kier molecular flexibility index (Phi) is 2.49. The zero-order valence-electron chi connectivity index (χ0n) is 11.9. The number of phenols is 1. The highest BCUT2D eigenvalue weighted by molar-refractivity contribution is 5.40. The van der Waals surface area contributed by atoms with E-state index in [4.69, 9.17) is 0 Å². The molecule has 0 amide bonds. The van der Waals surface area contributed by atoms with E-state index in [0.29, 0.717) is 11.2 Å². The molecule has 2 fully saturated rings. The molecule has 19 heavy (non-hydrogen) atoms. The highest BCUT2D eigenvalue weighted by Crippen LogP contribution is 2.60. The monoisotopic (exact) mass is 256 g/mol. The van der Waals surface area contributed by atoms with Gasteiger partial charge < -0.3 is 5.11 Å². The van der Waals surface area contributed by atoms with Gasteiger partial charge >= 0.3 is 0 Å². The van der Waals surface area contributed by atoms with Gasteiger partial charge in [0.1, 0.15) is 5.75 Å². The van der Waals surface area contributed by atoms with Gasteiger partial charge in [-0.05, 0) is 85.0 Å². The van der Waals surface area contributed by atoms with Crippen molar-refractivity contribution in [3.63, 3.8) is 0 Å². The predicted octanol–water partition coefficient (Wildman–Crippen LogP) is 4.64. The lowest BCUT2D eigenvalue weighted by molar-refractivity contribution is 0.0598. The van der Waals surface area contributed by atoms with Crippen LogP contribution >= 0.6 is 0 Å².